The van der Waals surface area contributed by atoms with Crippen LogP contribution in [0, 0.1) is 19.1 Å². The molecule has 4 nitrogen and oxygen atoms in total. The van der Waals surface area contributed by atoms with Crippen molar-refractivity contribution in [3.8, 4) is 28.2 Å². The molecule has 1 radical (unpaired) electrons. The van der Waals surface area contributed by atoms with Gasteiger partial charge in [-0.2, -0.15) is 0 Å². The second-order valence-electron chi connectivity index (χ2n) is 13.4. The van der Waals surface area contributed by atoms with Crippen molar-refractivity contribution < 1.29 is 24.5 Å². The number of nitrogens with zero attached hydrogens (tertiary/aromatic N) is 3. The number of fused-ring (bicyclic) bond motifs is 6. The van der Waals surface area contributed by atoms with Gasteiger partial charge in [0, 0.05) is 59.9 Å². The van der Waals surface area contributed by atoms with Crippen LogP contribution in [0.4, 0.5) is 0 Å². The molecule has 0 bridgehead atoms. The summed E-state index contributed by atoms with van der Waals surface area (Å²) in [4.78, 5) is 9.40. The number of rotatable bonds is 4. The molecule has 0 saturated carbocycles. The summed E-state index contributed by atoms with van der Waals surface area (Å²) < 4.78 is 8.63. The summed E-state index contributed by atoms with van der Waals surface area (Å²) in [6, 6.07) is 50.2. The first-order valence-electron chi connectivity index (χ1n) is 16.6. The molecule has 4 aromatic heterocycles. The second kappa shape index (κ2) is 13.6. The first-order valence-corrected chi connectivity index (χ1v) is 20.1. The van der Waals surface area contributed by atoms with Gasteiger partial charge in [-0.15, -0.1) is 53.6 Å². The zero-order valence-electron chi connectivity index (χ0n) is 28.4. The van der Waals surface area contributed by atoms with Crippen LogP contribution < -0.4 is 5.19 Å². The first kappa shape index (κ1) is 33.4. The van der Waals surface area contributed by atoms with Crippen molar-refractivity contribution in [2.75, 3.05) is 0 Å². The second-order valence-corrected chi connectivity index (χ2v) is 18.5. The zero-order chi connectivity index (χ0) is 33.5. The number of furan rings is 1. The number of benzene rings is 5. The van der Waals surface area contributed by atoms with Gasteiger partial charge in [-0.1, -0.05) is 110 Å². The summed E-state index contributed by atoms with van der Waals surface area (Å²) in [6.07, 6.45) is 4.00. The van der Waals surface area contributed by atoms with Crippen LogP contribution >= 0.6 is 0 Å². The van der Waals surface area contributed by atoms with Crippen molar-refractivity contribution in [3.05, 3.63) is 157 Å². The number of pyridine rings is 2. The van der Waals surface area contributed by atoms with Gasteiger partial charge < -0.3 is 19.0 Å². The normalized spacial score (nSPS) is 11.4. The van der Waals surface area contributed by atoms with E-state index in [1.54, 1.807) is 0 Å². The predicted octanol–water partition coefficient (Wildman–Crippen LogP) is 10.9. The van der Waals surface area contributed by atoms with Gasteiger partial charge in [0.2, 0.25) is 0 Å². The Kier molecular flexibility index (Phi) is 9.10. The molecule has 9 rings (SSSR count). The van der Waals surface area contributed by atoms with E-state index in [9.17, 15) is 0 Å². The maximum atomic E-state index is 6.33. The van der Waals surface area contributed by atoms with E-state index in [0.717, 1.165) is 66.6 Å². The monoisotopic (exact) mass is 842 g/mol. The van der Waals surface area contributed by atoms with Gasteiger partial charge in [-0.05, 0) is 40.8 Å². The van der Waals surface area contributed by atoms with Crippen LogP contribution in [-0.4, -0.2) is 22.6 Å². The van der Waals surface area contributed by atoms with E-state index in [2.05, 4.69) is 127 Å². The van der Waals surface area contributed by atoms with Gasteiger partial charge in [0.15, 0.2) is 0 Å². The average molecular weight is 842 g/mol. The number of hydrogen-bond donors (Lipinski definition) is 0. The van der Waals surface area contributed by atoms with Crippen LogP contribution in [0.25, 0.3) is 71.9 Å². The molecule has 9 aromatic rings. The van der Waals surface area contributed by atoms with Crippen LogP contribution in [0.3, 0.4) is 0 Å². The number of para-hydroxylation sites is 3. The molecule has 4 heterocycles. The minimum atomic E-state index is -1.23. The molecule has 247 valence electrons. The standard InChI is InChI=1S/C30H19N2O.C14H16NSi.Ir/c1-19-15-16-22(30-29(19)23-12-6-8-14-28(23)33-30)25-17-27-24(18-31-25)21-11-5-7-13-26(21)32(27)20-9-3-2-4-10-20;1-16(2,3)13-9-10-14(15-11-13)12-7-5-4-6-8-12;/h2-15,17-18H,1H3;4-7,9-11H,1-3H3;/q2*-1;. The van der Waals surface area contributed by atoms with E-state index in [4.69, 9.17) is 9.40 Å². The van der Waals surface area contributed by atoms with Gasteiger partial charge in [-0.3, -0.25) is 0 Å². The van der Waals surface area contributed by atoms with Gasteiger partial charge >= 0.3 is 0 Å². The molecule has 0 spiro atoms. The van der Waals surface area contributed by atoms with Gasteiger partial charge in [0.05, 0.1) is 19.2 Å². The fourth-order valence-electron chi connectivity index (χ4n) is 6.53. The molecule has 0 aliphatic rings. The quantitative estimate of drug-likeness (QED) is 0.131. The van der Waals surface area contributed by atoms with Gasteiger partial charge in [0.25, 0.3) is 0 Å². The van der Waals surface area contributed by atoms with Crippen LogP contribution in [0.1, 0.15) is 5.56 Å². The van der Waals surface area contributed by atoms with Crippen molar-refractivity contribution in [1.82, 2.24) is 14.5 Å². The fourth-order valence-corrected chi connectivity index (χ4v) is 7.56. The molecule has 6 heteroatoms. The SMILES string of the molecule is C[Si](C)(C)c1ccc(-c2[c-]cccc2)nc1.Cc1c[c-]c(-c2cc3c(cn2)c2ccccc2n3-c2ccccc2)c2oc3ccccc3c12.[Ir]. The number of aryl methyl sites for hydroxylation is 1. The third-order valence-electron chi connectivity index (χ3n) is 9.09. The molecule has 0 amide bonds. The summed E-state index contributed by atoms with van der Waals surface area (Å²) in [5, 5.41) is 5.97. The Morgan fingerprint density at radius 1 is 0.660 bits per heavy atom. The fraction of sp³-hybridized carbons (Fsp3) is 0.0909. The van der Waals surface area contributed by atoms with Crippen LogP contribution in [0.2, 0.25) is 19.6 Å². The molecule has 0 aliphatic heterocycles. The predicted molar refractivity (Wildman–Crippen MR) is 206 cm³/mol. The van der Waals surface area contributed by atoms with Crippen molar-refractivity contribution >= 4 is 57.0 Å². The average Bonchev–Trinajstić information content (AvgIpc) is 3.69. The van der Waals surface area contributed by atoms with E-state index in [-0.39, 0.29) is 20.1 Å². The Hall–Kier alpha value is -5.13. The Balaban J connectivity index is 0.000000196. The first-order chi connectivity index (χ1) is 23.9. The van der Waals surface area contributed by atoms with Crippen molar-refractivity contribution in [2.45, 2.75) is 26.6 Å². The maximum absolute atomic E-state index is 6.33. The Labute approximate surface area is 306 Å². The summed E-state index contributed by atoms with van der Waals surface area (Å²) in [7, 11) is -1.23. The number of aromatic nitrogens is 3. The van der Waals surface area contributed by atoms with Crippen molar-refractivity contribution in [2.24, 2.45) is 0 Å². The minimum absolute atomic E-state index is 0. The molecule has 0 saturated heterocycles. The molecule has 5 aromatic carbocycles. The third-order valence-corrected chi connectivity index (χ3v) is 11.1. The van der Waals surface area contributed by atoms with Crippen LogP contribution in [0.5, 0.6) is 0 Å². The van der Waals surface area contributed by atoms with E-state index >= 15 is 0 Å². The number of hydrogen-bond acceptors (Lipinski definition) is 3. The summed E-state index contributed by atoms with van der Waals surface area (Å²) >= 11 is 0. The van der Waals surface area contributed by atoms with E-state index in [1.165, 1.54) is 16.1 Å². The van der Waals surface area contributed by atoms with E-state index < -0.39 is 8.07 Å². The zero-order valence-corrected chi connectivity index (χ0v) is 31.8. The van der Waals surface area contributed by atoms with Crippen molar-refractivity contribution in [1.29, 1.82) is 0 Å². The maximum Gasteiger partial charge on any atom is 0.120 e. The molecule has 0 atom stereocenters. The van der Waals surface area contributed by atoms with E-state index in [1.807, 2.05) is 60.9 Å². The molecule has 0 fully saturated rings. The molecular formula is C44H35IrN3OSi-2. The third kappa shape index (κ3) is 6.11. The summed E-state index contributed by atoms with van der Waals surface area (Å²) in [5.41, 5.74) is 10.1. The molecule has 0 aliphatic carbocycles. The van der Waals surface area contributed by atoms with Crippen LogP contribution in [-0.2, 0) is 20.1 Å². The molecular weight excluding hydrogens is 807 g/mol. The van der Waals surface area contributed by atoms with E-state index in [0.29, 0.717) is 0 Å². The van der Waals surface area contributed by atoms with Gasteiger partial charge in [-0.25, -0.2) is 0 Å². The smallest absolute Gasteiger partial charge is 0.120 e. The van der Waals surface area contributed by atoms with Gasteiger partial charge in [0.1, 0.15) is 5.58 Å². The van der Waals surface area contributed by atoms with Crippen LogP contribution in [0.15, 0.2) is 144 Å². The Bertz CT molecular complexity index is 2590. The Morgan fingerprint density at radius 2 is 1.38 bits per heavy atom. The Morgan fingerprint density at radius 3 is 2.12 bits per heavy atom. The molecule has 0 N–H and O–H groups in total. The largest absolute Gasteiger partial charge is 0.501 e. The summed E-state index contributed by atoms with van der Waals surface area (Å²) in [5.74, 6) is 0. The van der Waals surface area contributed by atoms with Crippen molar-refractivity contribution in [3.63, 3.8) is 0 Å². The minimum Gasteiger partial charge on any atom is -0.501 e. The molecule has 0 unspecified atom stereocenters. The topological polar surface area (TPSA) is 43.9 Å². The summed E-state index contributed by atoms with van der Waals surface area (Å²) in [6.45, 7) is 9.10. The molecule has 50 heavy (non-hydrogen) atoms.